The van der Waals surface area contributed by atoms with Gasteiger partial charge in [0.1, 0.15) is 12.9 Å². The van der Waals surface area contributed by atoms with Crippen molar-refractivity contribution in [3.63, 3.8) is 0 Å². The minimum absolute atomic E-state index is 0.450. The topological polar surface area (TPSA) is 18.5 Å². The van der Waals surface area contributed by atoms with Crippen LogP contribution in [0.2, 0.25) is 0 Å². The van der Waals surface area contributed by atoms with Gasteiger partial charge >= 0.3 is 0 Å². The van der Waals surface area contributed by atoms with Crippen LogP contribution >= 0.6 is 0 Å². The Labute approximate surface area is 37.1 Å². The van der Waals surface area contributed by atoms with E-state index in [2.05, 4.69) is 0 Å². The second-order valence-electron chi connectivity index (χ2n) is 1.31. The van der Waals surface area contributed by atoms with Crippen LogP contribution in [0.25, 0.3) is 0 Å². The Morgan fingerprint density at radius 3 is 2.67 bits per heavy atom. The number of rotatable bonds is 0. The second kappa shape index (κ2) is 1.58. The van der Waals surface area contributed by atoms with Crippen molar-refractivity contribution in [3.05, 3.63) is 6.10 Å². The van der Waals surface area contributed by atoms with Gasteiger partial charge in [0.05, 0.1) is 6.61 Å². The summed E-state index contributed by atoms with van der Waals surface area (Å²) in [5, 5.41) is 0. The first-order chi connectivity index (χ1) is 2.89. The van der Waals surface area contributed by atoms with Crippen LogP contribution in [0.5, 0.6) is 0 Å². The van der Waals surface area contributed by atoms with Gasteiger partial charge in [0, 0.05) is 0 Å². The van der Waals surface area contributed by atoms with Crippen molar-refractivity contribution in [3.8, 4) is 0 Å². The van der Waals surface area contributed by atoms with Crippen LogP contribution in [0.15, 0.2) is 0 Å². The van der Waals surface area contributed by atoms with Gasteiger partial charge in [0.2, 0.25) is 0 Å². The average Bonchev–Trinajstić information content (AvgIpc) is 1.86. The van der Waals surface area contributed by atoms with Crippen LogP contribution in [-0.4, -0.2) is 13.4 Å². The van der Waals surface area contributed by atoms with Gasteiger partial charge in [-0.25, -0.2) is 0 Å². The van der Waals surface area contributed by atoms with Crippen molar-refractivity contribution < 1.29 is 9.47 Å². The Morgan fingerprint density at radius 1 is 1.67 bits per heavy atom. The highest BCUT2D eigenvalue weighted by molar-refractivity contribution is 4.71. The fraction of sp³-hybridized carbons (Fsp3) is 0.750. The number of hydrogen-bond acceptors (Lipinski definition) is 2. The molecule has 1 radical (unpaired) electrons. The summed E-state index contributed by atoms with van der Waals surface area (Å²) < 4.78 is 9.64. The highest BCUT2D eigenvalue weighted by Crippen LogP contribution is 2.07. The lowest BCUT2D eigenvalue weighted by Gasteiger charge is -1.88. The first-order valence-electron chi connectivity index (χ1n) is 1.92. The highest BCUT2D eigenvalue weighted by Gasteiger charge is 2.09. The van der Waals surface area contributed by atoms with E-state index in [4.69, 9.17) is 9.47 Å². The zero-order valence-electron chi connectivity index (χ0n) is 3.73. The number of hydrogen-bond donors (Lipinski definition) is 0. The Morgan fingerprint density at radius 2 is 2.50 bits per heavy atom. The lowest BCUT2D eigenvalue weighted by atomic mass is 10.5. The summed E-state index contributed by atoms with van der Waals surface area (Å²) in [5.74, 6) is 0. The SMILES string of the molecule is C[C]1COCO1. The van der Waals surface area contributed by atoms with E-state index in [1.165, 1.54) is 0 Å². The summed E-state index contributed by atoms with van der Waals surface area (Å²) in [6, 6.07) is 0. The first-order valence-corrected chi connectivity index (χ1v) is 1.92. The molecule has 0 spiro atoms. The van der Waals surface area contributed by atoms with Gasteiger partial charge in [-0.05, 0) is 6.92 Å². The fourth-order valence-corrected chi connectivity index (χ4v) is 0.369. The largest absolute Gasteiger partial charge is 0.352 e. The summed E-state index contributed by atoms with van der Waals surface area (Å²) >= 11 is 0. The van der Waals surface area contributed by atoms with Gasteiger partial charge in [-0.2, -0.15) is 0 Å². The van der Waals surface area contributed by atoms with E-state index in [1.807, 2.05) is 6.92 Å². The van der Waals surface area contributed by atoms with E-state index in [-0.39, 0.29) is 0 Å². The van der Waals surface area contributed by atoms with Crippen LogP contribution in [0.1, 0.15) is 6.92 Å². The van der Waals surface area contributed by atoms with Gasteiger partial charge in [-0.15, -0.1) is 0 Å². The molecule has 0 N–H and O–H groups in total. The zero-order chi connectivity index (χ0) is 4.41. The van der Waals surface area contributed by atoms with Gasteiger partial charge in [0.25, 0.3) is 0 Å². The summed E-state index contributed by atoms with van der Waals surface area (Å²) in [7, 11) is 0. The van der Waals surface area contributed by atoms with E-state index >= 15 is 0 Å². The van der Waals surface area contributed by atoms with Gasteiger partial charge < -0.3 is 9.47 Å². The fourth-order valence-electron chi connectivity index (χ4n) is 0.369. The third kappa shape index (κ3) is 0.698. The molecule has 0 bridgehead atoms. The molecule has 35 valence electrons. The third-order valence-corrected chi connectivity index (χ3v) is 0.694. The quantitative estimate of drug-likeness (QED) is 0.429. The van der Waals surface area contributed by atoms with E-state index in [9.17, 15) is 0 Å². The number of ether oxygens (including phenoxy) is 2. The van der Waals surface area contributed by atoms with Gasteiger partial charge in [-0.1, -0.05) is 0 Å². The molecule has 0 aromatic carbocycles. The molecule has 2 nitrogen and oxygen atoms in total. The predicted octanol–water partition coefficient (Wildman–Crippen LogP) is 0.543. The summed E-state index contributed by atoms with van der Waals surface area (Å²) in [6.07, 6.45) is 0.981. The van der Waals surface area contributed by atoms with Crippen molar-refractivity contribution in [2.75, 3.05) is 13.4 Å². The maximum absolute atomic E-state index is 4.85. The Hall–Kier alpha value is -0.0800. The minimum Gasteiger partial charge on any atom is -0.352 e. The molecule has 1 aliphatic heterocycles. The van der Waals surface area contributed by atoms with Crippen molar-refractivity contribution >= 4 is 0 Å². The molecule has 0 unspecified atom stereocenters. The molecule has 1 rings (SSSR count). The van der Waals surface area contributed by atoms with E-state index < -0.39 is 0 Å². The van der Waals surface area contributed by atoms with Crippen LogP contribution in [0.4, 0.5) is 0 Å². The van der Waals surface area contributed by atoms with Crippen molar-refractivity contribution in [2.24, 2.45) is 0 Å². The molecule has 1 saturated heterocycles. The van der Waals surface area contributed by atoms with E-state index in [1.54, 1.807) is 0 Å². The highest BCUT2D eigenvalue weighted by atomic mass is 16.7. The van der Waals surface area contributed by atoms with Crippen molar-refractivity contribution in [2.45, 2.75) is 6.92 Å². The minimum atomic E-state index is 0.450. The first kappa shape index (κ1) is 4.09. The Balaban J connectivity index is 2.18. The van der Waals surface area contributed by atoms with E-state index in [0.717, 1.165) is 6.10 Å². The monoisotopic (exact) mass is 87.0 g/mol. The van der Waals surface area contributed by atoms with Gasteiger partial charge in [-0.3, -0.25) is 0 Å². The van der Waals surface area contributed by atoms with E-state index in [0.29, 0.717) is 13.4 Å². The lowest BCUT2D eigenvalue weighted by Crippen LogP contribution is -1.87. The third-order valence-electron chi connectivity index (χ3n) is 0.694. The molecular formula is C4H7O2. The molecule has 0 aromatic rings. The zero-order valence-corrected chi connectivity index (χ0v) is 3.73. The Kier molecular flexibility index (Phi) is 1.08. The second-order valence-corrected chi connectivity index (χ2v) is 1.31. The van der Waals surface area contributed by atoms with Crippen LogP contribution in [0, 0.1) is 6.10 Å². The maximum atomic E-state index is 4.85. The normalized spacial score (nSPS) is 25.5. The molecule has 0 aromatic heterocycles. The molecule has 0 amide bonds. The standard InChI is InChI=1S/C4H7O2/c1-4-2-5-3-6-4/h2-3H2,1H3. The Bertz CT molecular complexity index is 38.8. The molecular weight excluding hydrogens is 80.0 g/mol. The molecule has 2 heteroatoms. The molecule has 0 aliphatic carbocycles. The maximum Gasteiger partial charge on any atom is 0.147 e. The van der Waals surface area contributed by atoms with Gasteiger partial charge in [0.15, 0.2) is 0 Å². The van der Waals surface area contributed by atoms with Crippen LogP contribution in [0.3, 0.4) is 0 Å². The molecule has 0 saturated carbocycles. The average molecular weight is 87.1 g/mol. The van der Waals surface area contributed by atoms with Crippen molar-refractivity contribution in [1.29, 1.82) is 0 Å². The summed E-state index contributed by atoms with van der Waals surface area (Å²) in [4.78, 5) is 0. The van der Waals surface area contributed by atoms with Crippen molar-refractivity contribution in [1.82, 2.24) is 0 Å². The summed E-state index contributed by atoms with van der Waals surface area (Å²) in [6.45, 7) is 3.04. The summed E-state index contributed by atoms with van der Waals surface area (Å²) in [5.41, 5.74) is 0. The van der Waals surface area contributed by atoms with Crippen LogP contribution < -0.4 is 0 Å². The molecule has 1 fully saturated rings. The lowest BCUT2D eigenvalue weighted by molar-refractivity contribution is 0.0713. The molecule has 6 heavy (non-hydrogen) atoms. The smallest absolute Gasteiger partial charge is 0.147 e. The predicted molar refractivity (Wildman–Crippen MR) is 20.8 cm³/mol. The molecule has 1 heterocycles. The molecule has 0 atom stereocenters. The van der Waals surface area contributed by atoms with Crippen LogP contribution in [-0.2, 0) is 9.47 Å². The molecule has 1 aliphatic rings.